The molecule has 0 bridgehead atoms. The van der Waals surface area contributed by atoms with Gasteiger partial charge in [-0.15, -0.1) is 0 Å². The number of nitrogens with zero attached hydrogens (tertiary/aromatic N) is 2. The summed E-state index contributed by atoms with van der Waals surface area (Å²) in [6.07, 6.45) is 0. The highest BCUT2D eigenvalue weighted by atomic mass is 79.9. The molecule has 188 valence electrons. The fourth-order valence-corrected chi connectivity index (χ4v) is 5.28. The molecule has 3 N–H and O–H groups in total. The third-order valence-electron chi connectivity index (χ3n) is 6.48. The topological polar surface area (TPSA) is 105 Å². The Morgan fingerprint density at radius 3 is 1.70 bits per heavy atom. The van der Waals surface area contributed by atoms with Crippen LogP contribution in [0.25, 0.3) is 22.5 Å². The van der Waals surface area contributed by atoms with Crippen molar-refractivity contribution in [3.05, 3.63) is 115 Å². The van der Waals surface area contributed by atoms with Gasteiger partial charge in [0.25, 0.3) is 11.1 Å². The number of aromatic amines is 2. The summed E-state index contributed by atoms with van der Waals surface area (Å²) in [5.74, 6) is -0.651. The summed E-state index contributed by atoms with van der Waals surface area (Å²) in [6, 6.07) is 22.2. The van der Waals surface area contributed by atoms with Crippen LogP contribution in [0.15, 0.2) is 86.9 Å². The van der Waals surface area contributed by atoms with E-state index in [1.165, 1.54) is 22.5 Å². The van der Waals surface area contributed by atoms with Gasteiger partial charge in [-0.25, -0.2) is 0 Å². The number of rotatable bonds is 6. The zero-order valence-electron chi connectivity index (χ0n) is 20.4. The first-order valence-electron chi connectivity index (χ1n) is 11.6. The van der Waals surface area contributed by atoms with Crippen molar-refractivity contribution in [3.63, 3.8) is 0 Å². The standard InChI is InChI=1S/C28H25BrN4O4/c1-32-27(35)23(25(30-32)16-10-6-4-7-11-16)22(18-14-21(37-3)20(34)15-19(18)29)24-26(31-33(2)28(24)36)17-12-8-5-9-13-17/h4-15,22,30-31,34H,1-3H3. The van der Waals surface area contributed by atoms with Crippen molar-refractivity contribution in [2.45, 2.75) is 5.92 Å². The van der Waals surface area contributed by atoms with Crippen molar-refractivity contribution in [2.24, 2.45) is 14.1 Å². The Balaban J connectivity index is 1.92. The molecule has 37 heavy (non-hydrogen) atoms. The molecule has 0 radical (unpaired) electrons. The number of nitrogens with one attached hydrogen (secondary N) is 2. The van der Waals surface area contributed by atoms with Crippen LogP contribution in [0, 0.1) is 0 Å². The van der Waals surface area contributed by atoms with Crippen LogP contribution in [-0.2, 0) is 14.1 Å². The van der Waals surface area contributed by atoms with E-state index >= 15 is 0 Å². The summed E-state index contributed by atoms with van der Waals surface area (Å²) in [4.78, 5) is 27.5. The van der Waals surface area contributed by atoms with E-state index in [2.05, 4.69) is 26.1 Å². The van der Waals surface area contributed by atoms with Gasteiger partial charge in [0.2, 0.25) is 0 Å². The van der Waals surface area contributed by atoms with Gasteiger partial charge in [-0.2, -0.15) is 0 Å². The summed E-state index contributed by atoms with van der Waals surface area (Å²) in [5, 5.41) is 16.8. The zero-order valence-corrected chi connectivity index (χ0v) is 22.0. The first-order chi connectivity index (χ1) is 17.8. The second-order valence-electron chi connectivity index (χ2n) is 8.74. The highest BCUT2D eigenvalue weighted by Crippen LogP contribution is 2.44. The summed E-state index contributed by atoms with van der Waals surface area (Å²) in [7, 11) is 4.75. The minimum atomic E-state index is -0.816. The maximum absolute atomic E-state index is 13.8. The van der Waals surface area contributed by atoms with E-state index in [0.717, 1.165) is 11.1 Å². The first-order valence-corrected chi connectivity index (χ1v) is 12.4. The lowest BCUT2D eigenvalue weighted by molar-refractivity contribution is 0.372. The van der Waals surface area contributed by atoms with E-state index in [4.69, 9.17) is 4.74 Å². The first kappa shape index (κ1) is 24.5. The van der Waals surface area contributed by atoms with Crippen molar-refractivity contribution < 1.29 is 9.84 Å². The van der Waals surface area contributed by atoms with Crippen molar-refractivity contribution in [3.8, 4) is 34.0 Å². The minimum absolute atomic E-state index is 0.0626. The van der Waals surface area contributed by atoms with Gasteiger partial charge in [0, 0.05) is 18.6 Å². The van der Waals surface area contributed by atoms with Crippen LogP contribution < -0.4 is 15.9 Å². The van der Waals surface area contributed by atoms with Gasteiger partial charge in [0.05, 0.1) is 35.5 Å². The van der Waals surface area contributed by atoms with Gasteiger partial charge in [0.1, 0.15) is 0 Å². The van der Waals surface area contributed by atoms with E-state index in [-0.39, 0.29) is 22.6 Å². The van der Waals surface area contributed by atoms with Crippen LogP contribution in [0.3, 0.4) is 0 Å². The van der Waals surface area contributed by atoms with Crippen LogP contribution in [0.4, 0.5) is 0 Å². The average molecular weight is 561 g/mol. The molecule has 2 aromatic heterocycles. The second kappa shape index (κ2) is 9.67. The van der Waals surface area contributed by atoms with Gasteiger partial charge in [0.15, 0.2) is 11.5 Å². The van der Waals surface area contributed by atoms with Gasteiger partial charge in [-0.1, -0.05) is 76.6 Å². The SMILES string of the molecule is COc1cc(C(c2c(-c3ccccc3)[nH]n(C)c2=O)c2c(-c3ccccc3)[nH]n(C)c2=O)c(Br)cc1O. The molecule has 0 amide bonds. The lowest BCUT2D eigenvalue weighted by atomic mass is 9.83. The van der Waals surface area contributed by atoms with Crippen LogP contribution >= 0.6 is 15.9 Å². The molecule has 8 nitrogen and oxygen atoms in total. The largest absolute Gasteiger partial charge is 0.504 e. The Kier molecular flexibility index (Phi) is 6.39. The van der Waals surface area contributed by atoms with Crippen LogP contribution in [-0.4, -0.2) is 31.8 Å². The van der Waals surface area contributed by atoms with Gasteiger partial charge < -0.3 is 9.84 Å². The van der Waals surface area contributed by atoms with Crippen LogP contribution in [0.5, 0.6) is 11.5 Å². The number of hydrogen-bond acceptors (Lipinski definition) is 4. The Morgan fingerprint density at radius 1 is 0.811 bits per heavy atom. The van der Waals surface area contributed by atoms with Crippen LogP contribution in [0.1, 0.15) is 22.6 Å². The van der Waals surface area contributed by atoms with Gasteiger partial charge >= 0.3 is 0 Å². The van der Waals surface area contributed by atoms with Crippen molar-refractivity contribution in [2.75, 3.05) is 7.11 Å². The average Bonchev–Trinajstić information content (AvgIpc) is 3.37. The van der Waals surface area contributed by atoms with Gasteiger partial charge in [-0.05, 0) is 28.8 Å². The maximum atomic E-state index is 13.8. The number of aromatic nitrogens is 4. The molecule has 0 fully saturated rings. The Labute approximate surface area is 220 Å². The molecule has 3 aromatic carbocycles. The quantitative estimate of drug-likeness (QED) is 0.279. The number of phenolic OH excluding ortho intramolecular Hbond substituents is 1. The highest BCUT2D eigenvalue weighted by molar-refractivity contribution is 9.10. The molecule has 0 aliphatic rings. The number of ether oxygens (including phenoxy) is 1. The molecule has 5 aromatic rings. The fourth-order valence-electron chi connectivity index (χ4n) is 4.72. The molecule has 0 atom stereocenters. The molecule has 0 aliphatic carbocycles. The number of methoxy groups -OCH3 is 1. The molecule has 0 spiro atoms. The third-order valence-corrected chi connectivity index (χ3v) is 7.17. The molecule has 9 heteroatoms. The van der Waals surface area contributed by atoms with E-state index in [0.29, 0.717) is 32.6 Å². The van der Waals surface area contributed by atoms with E-state index in [1.807, 2.05) is 60.7 Å². The van der Waals surface area contributed by atoms with E-state index in [1.54, 1.807) is 20.2 Å². The number of aryl methyl sites for hydroxylation is 2. The highest BCUT2D eigenvalue weighted by Gasteiger charge is 2.34. The number of aromatic hydroxyl groups is 1. The molecule has 5 rings (SSSR count). The number of H-pyrrole nitrogens is 2. The zero-order chi connectivity index (χ0) is 26.3. The molecule has 0 saturated carbocycles. The second-order valence-corrected chi connectivity index (χ2v) is 9.59. The molecule has 0 unspecified atom stereocenters. The van der Waals surface area contributed by atoms with Crippen molar-refractivity contribution in [1.29, 1.82) is 0 Å². The number of hydrogen-bond donors (Lipinski definition) is 3. The predicted octanol–water partition coefficient (Wildman–Crippen LogP) is 4.73. The van der Waals surface area contributed by atoms with E-state index < -0.39 is 5.92 Å². The summed E-state index contributed by atoms with van der Waals surface area (Å²) in [5.41, 5.74) is 3.64. The molecule has 0 saturated heterocycles. The number of phenols is 1. The summed E-state index contributed by atoms with van der Waals surface area (Å²) in [6.45, 7) is 0. The van der Waals surface area contributed by atoms with Crippen molar-refractivity contribution in [1.82, 2.24) is 19.6 Å². The molecule has 0 aliphatic heterocycles. The number of halogens is 1. The van der Waals surface area contributed by atoms with E-state index in [9.17, 15) is 14.7 Å². The summed E-state index contributed by atoms with van der Waals surface area (Å²) >= 11 is 3.58. The Morgan fingerprint density at radius 2 is 1.27 bits per heavy atom. The smallest absolute Gasteiger partial charge is 0.271 e. The number of benzene rings is 3. The molecular formula is C28H25BrN4O4. The lowest BCUT2D eigenvalue weighted by Gasteiger charge is -2.20. The van der Waals surface area contributed by atoms with Gasteiger partial charge in [-0.3, -0.25) is 29.2 Å². The molecule has 2 heterocycles. The Hall–Kier alpha value is -4.24. The van der Waals surface area contributed by atoms with Crippen molar-refractivity contribution >= 4 is 15.9 Å². The fraction of sp³-hybridized carbons (Fsp3) is 0.143. The minimum Gasteiger partial charge on any atom is -0.504 e. The molecular weight excluding hydrogens is 536 g/mol. The normalized spacial score (nSPS) is 11.3. The maximum Gasteiger partial charge on any atom is 0.271 e. The predicted molar refractivity (Wildman–Crippen MR) is 146 cm³/mol. The monoisotopic (exact) mass is 560 g/mol. The van der Waals surface area contributed by atoms with Crippen LogP contribution in [0.2, 0.25) is 0 Å². The lowest BCUT2D eigenvalue weighted by Crippen LogP contribution is -2.24. The summed E-state index contributed by atoms with van der Waals surface area (Å²) < 4.78 is 8.76. The third kappa shape index (κ3) is 4.21. The Bertz CT molecular complexity index is 1600.